The van der Waals surface area contributed by atoms with E-state index in [0.29, 0.717) is 34.9 Å². The number of hydrogen-bond acceptors (Lipinski definition) is 8. The lowest BCUT2D eigenvalue weighted by molar-refractivity contribution is -0.139. The van der Waals surface area contributed by atoms with Gasteiger partial charge in [0, 0.05) is 43.5 Å². The van der Waals surface area contributed by atoms with Crippen molar-refractivity contribution in [1.29, 1.82) is 0 Å². The van der Waals surface area contributed by atoms with E-state index in [1.807, 2.05) is 51.1 Å². The fraction of sp³-hybridized carbons (Fsp3) is 0.294. The number of hydrogen-bond donors (Lipinski definition) is 2. The lowest BCUT2D eigenvalue weighted by Gasteiger charge is -2.24. The van der Waals surface area contributed by atoms with E-state index in [-0.39, 0.29) is 16.2 Å². The van der Waals surface area contributed by atoms with E-state index >= 15 is 0 Å². The van der Waals surface area contributed by atoms with E-state index < -0.39 is 35.5 Å². The number of likely N-dealkylation sites (N-methyl/N-ethyl adjacent to an activating group) is 1. The van der Waals surface area contributed by atoms with Crippen molar-refractivity contribution in [3.8, 4) is 21.9 Å². The van der Waals surface area contributed by atoms with Gasteiger partial charge in [0.25, 0.3) is 0 Å². The number of pyridine rings is 1. The van der Waals surface area contributed by atoms with Crippen LogP contribution in [0.5, 0.6) is 5.75 Å². The first kappa shape index (κ1) is 34.2. The molecule has 0 fully saturated rings. The first-order valence-electron chi connectivity index (χ1n) is 14.9. The Labute approximate surface area is 278 Å². The van der Waals surface area contributed by atoms with Gasteiger partial charge >= 0.3 is 18.2 Å². The van der Waals surface area contributed by atoms with Crippen LogP contribution in [-0.2, 0) is 10.9 Å². The van der Waals surface area contributed by atoms with Crippen LogP contribution in [0, 0.1) is 0 Å². The molecule has 0 saturated carbocycles. The van der Waals surface area contributed by atoms with E-state index in [9.17, 15) is 27.9 Å². The van der Waals surface area contributed by atoms with Crippen molar-refractivity contribution in [2.75, 3.05) is 25.5 Å². The van der Waals surface area contributed by atoms with Crippen molar-refractivity contribution < 1.29 is 37.3 Å². The van der Waals surface area contributed by atoms with Crippen LogP contribution in [0.1, 0.15) is 54.6 Å². The summed E-state index contributed by atoms with van der Waals surface area (Å²) in [6.07, 6.45) is -2.79. The predicted molar refractivity (Wildman–Crippen MR) is 177 cm³/mol. The standard InChI is InChI=1S/C34H34F3N5O5S/c1-20(23-8-6-7-9-24(23)34(35,36)37)46-27-17-29(48-30(27)31(43)44)42-19-40-25-16-21(10-12-26(25)42)22-11-13-28(39-18-22)38-14-15-41(5)32(45)47-33(2,3)4/h6-13,16-20H,14-15H2,1-5H3,(H,38,39)(H,43,44)/t20-/m1/s1. The number of anilines is 1. The normalized spacial score (nSPS) is 12.5. The molecule has 3 aromatic heterocycles. The third-order valence-corrected chi connectivity index (χ3v) is 8.33. The number of carboxylic acid groups (broad SMARTS) is 1. The first-order valence-corrected chi connectivity index (χ1v) is 15.7. The first-order chi connectivity index (χ1) is 22.6. The number of aromatic carboxylic acids is 1. The van der Waals surface area contributed by atoms with Crippen LogP contribution >= 0.6 is 11.3 Å². The van der Waals surface area contributed by atoms with E-state index in [1.165, 1.54) is 36.1 Å². The van der Waals surface area contributed by atoms with Crippen molar-refractivity contribution in [2.45, 2.75) is 45.6 Å². The molecule has 5 aromatic rings. The van der Waals surface area contributed by atoms with Gasteiger partial charge < -0.3 is 24.8 Å². The number of thiophene rings is 1. The number of carbonyl (C=O) groups excluding carboxylic acids is 1. The molecule has 252 valence electrons. The van der Waals surface area contributed by atoms with Gasteiger partial charge in [0.1, 0.15) is 34.6 Å². The summed E-state index contributed by atoms with van der Waals surface area (Å²) in [4.78, 5) is 34.6. The topological polar surface area (TPSA) is 119 Å². The number of benzene rings is 2. The van der Waals surface area contributed by atoms with Gasteiger partial charge in [0.15, 0.2) is 4.88 Å². The molecule has 0 aliphatic rings. The summed E-state index contributed by atoms with van der Waals surface area (Å²) in [5, 5.41) is 13.5. The number of alkyl halides is 3. The molecule has 0 saturated heterocycles. The van der Waals surface area contributed by atoms with E-state index in [4.69, 9.17) is 9.47 Å². The number of halogens is 3. The Morgan fingerprint density at radius 1 is 1.04 bits per heavy atom. The Morgan fingerprint density at radius 2 is 1.77 bits per heavy atom. The van der Waals surface area contributed by atoms with Crippen molar-refractivity contribution in [3.05, 3.63) is 89.2 Å². The molecule has 0 spiro atoms. The molecule has 0 unspecified atom stereocenters. The smallest absolute Gasteiger partial charge is 0.416 e. The average Bonchev–Trinajstić information content (AvgIpc) is 3.64. The van der Waals surface area contributed by atoms with Crippen LogP contribution in [-0.4, -0.2) is 62.3 Å². The number of rotatable bonds is 10. The molecule has 0 aliphatic carbocycles. The fourth-order valence-corrected chi connectivity index (χ4v) is 5.81. The monoisotopic (exact) mass is 681 g/mol. The Morgan fingerprint density at radius 3 is 2.44 bits per heavy atom. The molecule has 2 N–H and O–H groups in total. The summed E-state index contributed by atoms with van der Waals surface area (Å²) >= 11 is 0.932. The van der Waals surface area contributed by atoms with Gasteiger partial charge in [-0.2, -0.15) is 13.2 Å². The number of nitrogens with zero attached hydrogens (tertiary/aromatic N) is 4. The van der Waals surface area contributed by atoms with Gasteiger partial charge in [-0.05, 0) is 63.6 Å². The number of nitrogens with one attached hydrogen (secondary N) is 1. The highest BCUT2D eigenvalue weighted by molar-refractivity contribution is 7.16. The third-order valence-electron chi connectivity index (χ3n) is 7.23. The van der Waals surface area contributed by atoms with Crippen LogP contribution in [0.3, 0.4) is 0 Å². The third kappa shape index (κ3) is 7.88. The second-order valence-electron chi connectivity index (χ2n) is 12.0. The summed E-state index contributed by atoms with van der Waals surface area (Å²) in [6, 6.07) is 15.9. The number of aromatic nitrogens is 3. The van der Waals surface area contributed by atoms with E-state index in [2.05, 4.69) is 15.3 Å². The molecule has 0 radical (unpaired) electrons. The van der Waals surface area contributed by atoms with E-state index in [0.717, 1.165) is 28.5 Å². The summed E-state index contributed by atoms with van der Waals surface area (Å²) < 4.78 is 53.7. The molecule has 14 heteroatoms. The number of imidazole rings is 1. The highest BCUT2D eigenvalue weighted by Crippen LogP contribution is 2.39. The minimum absolute atomic E-state index is 0.0401. The maximum Gasteiger partial charge on any atom is 0.416 e. The van der Waals surface area contributed by atoms with Crippen LogP contribution < -0.4 is 10.1 Å². The Bertz CT molecular complexity index is 1930. The number of carbonyl (C=O) groups is 2. The number of fused-ring (bicyclic) bond motifs is 1. The lowest BCUT2D eigenvalue weighted by atomic mass is 10.0. The van der Waals surface area contributed by atoms with E-state index in [1.54, 1.807) is 24.1 Å². The zero-order chi connectivity index (χ0) is 34.8. The van der Waals surface area contributed by atoms with Crippen LogP contribution in [0.15, 0.2) is 73.2 Å². The highest BCUT2D eigenvalue weighted by atomic mass is 32.1. The zero-order valence-corrected chi connectivity index (χ0v) is 27.6. The summed E-state index contributed by atoms with van der Waals surface area (Å²) in [7, 11) is 1.67. The lowest BCUT2D eigenvalue weighted by Crippen LogP contribution is -2.36. The van der Waals surface area contributed by atoms with Crippen molar-refractivity contribution in [3.63, 3.8) is 0 Å². The molecular formula is C34H34F3N5O5S. The van der Waals surface area contributed by atoms with Crippen LogP contribution in [0.4, 0.5) is 23.8 Å². The number of amides is 1. The molecule has 3 heterocycles. The van der Waals surface area contributed by atoms with Crippen LogP contribution in [0.25, 0.3) is 27.2 Å². The summed E-state index contributed by atoms with van der Waals surface area (Å²) in [6.45, 7) is 7.79. The molecule has 10 nitrogen and oxygen atoms in total. The molecule has 2 aromatic carbocycles. The largest absolute Gasteiger partial charge is 0.484 e. The Balaban J connectivity index is 1.30. The molecule has 48 heavy (non-hydrogen) atoms. The second-order valence-corrected chi connectivity index (χ2v) is 13.0. The molecule has 5 rings (SSSR count). The second kappa shape index (κ2) is 13.6. The van der Waals surface area contributed by atoms with Gasteiger partial charge in [-0.3, -0.25) is 4.57 Å². The quantitative estimate of drug-likeness (QED) is 0.151. The zero-order valence-electron chi connectivity index (χ0n) is 26.8. The van der Waals surface area contributed by atoms with Crippen molar-refractivity contribution in [2.24, 2.45) is 0 Å². The highest BCUT2D eigenvalue weighted by Gasteiger charge is 2.35. The maximum atomic E-state index is 13.6. The average molecular weight is 682 g/mol. The molecule has 1 atom stereocenters. The Kier molecular flexibility index (Phi) is 9.66. The molecule has 0 aliphatic heterocycles. The Hall–Kier alpha value is -5.11. The van der Waals surface area contributed by atoms with Crippen LogP contribution in [0.2, 0.25) is 0 Å². The van der Waals surface area contributed by atoms with Gasteiger partial charge in [0.05, 0.1) is 16.6 Å². The predicted octanol–water partition coefficient (Wildman–Crippen LogP) is 8.28. The van der Waals surface area contributed by atoms with Crippen molar-refractivity contribution in [1.82, 2.24) is 19.4 Å². The van der Waals surface area contributed by atoms with Gasteiger partial charge in [0.2, 0.25) is 0 Å². The minimum atomic E-state index is -4.59. The fourth-order valence-electron chi connectivity index (χ4n) is 4.90. The minimum Gasteiger partial charge on any atom is -0.484 e. The summed E-state index contributed by atoms with van der Waals surface area (Å²) in [5.41, 5.74) is 1.52. The number of carboxylic acids is 1. The molecular weight excluding hydrogens is 647 g/mol. The molecule has 1 amide bonds. The number of ether oxygens (including phenoxy) is 2. The van der Waals surface area contributed by atoms with Gasteiger partial charge in [-0.25, -0.2) is 19.6 Å². The molecule has 0 bridgehead atoms. The van der Waals surface area contributed by atoms with Gasteiger partial charge in [-0.15, -0.1) is 11.3 Å². The SMILES string of the molecule is C[C@@H](Oc1cc(-n2cnc3cc(-c4ccc(NCCN(C)C(=O)OC(C)(C)C)nc4)ccc32)sc1C(=O)O)c1ccccc1C(F)(F)F. The van der Waals surface area contributed by atoms with Crippen molar-refractivity contribution >= 4 is 40.3 Å². The maximum absolute atomic E-state index is 13.6. The van der Waals surface area contributed by atoms with Gasteiger partial charge in [-0.1, -0.05) is 24.3 Å². The summed E-state index contributed by atoms with van der Waals surface area (Å²) in [5.74, 6) is -0.658.